The second-order valence-corrected chi connectivity index (χ2v) is 6.91. The lowest BCUT2D eigenvalue weighted by molar-refractivity contribution is -0.143. The van der Waals surface area contributed by atoms with Gasteiger partial charge in [0, 0.05) is 12.3 Å². The number of nitrogens with one attached hydrogen (secondary N) is 1. The summed E-state index contributed by atoms with van der Waals surface area (Å²) in [5.41, 5.74) is -0.523. The molecule has 29 heavy (non-hydrogen) atoms. The Hall–Kier alpha value is -2.88. The summed E-state index contributed by atoms with van der Waals surface area (Å²) in [6, 6.07) is 4.00. The molecule has 154 valence electrons. The van der Waals surface area contributed by atoms with Gasteiger partial charge in [-0.1, -0.05) is 18.2 Å². The topological polar surface area (TPSA) is 78.3 Å². The molecule has 0 saturated carbocycles. The number of alkyl halides is 3. The van der Waals surface area contributed by atoms with E-state index in [2.05, 4.69) is 15.4 Å². The van der Waals surface area contributed by atoms with Crippen molar-refractivity contribution in [1.29, 1.82) is 0 Å². The summed E-state index contributed by atoms with van der Waals surface area (Å²) in [4.78, 5) is 17.0. The Balaban J connectivity index is 1.74. The number of fused-ring (bicyclic) bond motifs is 1. The Bertz CT molecular complexity index is 948. The van der Waals surface area contributed by atoms with Crippen LogP contribution in [0.3, 0.4) is 0 Å². The minimum atomic E-state index is -4.59. The molecule has 1 aromatic carbocycles. The van der Waals surface area contributed by atoms with E-state index in [1.165, 1.54) is 29.2 Å². The molecule has 0 aliphatic carbocycles. The average Bonchev–Trinajstić information content (AvgIpc) is 3.36. The van der Waals surface area contributed by atoms with Gasteiger partial charge in [-0.15, -0.1) is 0 Å². The molecule has 0 amide bonds. The molecule has 4 rings (SSSR count). The largest absolute Gasteiger partial charge is 0.459 e. The molecular weight excluding hydrogens is 389 g/mol. The van der Waals surface area contributed by atoms with Crippen LogP contribution in [0.15, 0.2) is 41.9 Å². The summed E-state index contributed by atoms with van der Waals surface area (Å²) in [7, 11) is 0. The van der Waals surface area contributed by atoms with Gasteiger partial charge in [-0.3, -0.25) is 0 Å². The van der Waals surface area contributed by atoms with Crippen LogP contribution in [0.1, 0.15) is 36.9 Å². The molecular formula is C19H19F3N4O3. The maximum atomic E-state index is 13.7. The van der Waals surface area contributed by atoms with Crippen molar-refractivity contribution in [2.24, 2.45) is 0 Å². The van der Waals surface area contributed by atoms with Crippen molar-refractivity contribution in [3.8, 4) is 0 Å². The Morgan fingerprint density at radius 1 is 1.38 bits per heavy atom. The van der Waals surface area contributed by atoms with Crippen molar-refractivity contribution in [3.63, 3.8) is 0 Å². The summed E-state index contributed by atoms with van der Waals surface area (Å²) in [6.45, 7) is 2.26. The second kappa shape index (κ2) is 7.51. The van der Waals surface area contributed by atoms with E-state index in [4.69, 9.17) is 9.47 Å². The summed E-state index contributed by atoms with van der Waals surface area (Å²) in [5, 5.41) is 6.96. The number of ether oxygens (including phenoxy) is 2. The molecule has 7 nitrogen and oxygen atoms in total. The van der Waals surface area contributed by atoms with Crippen molar-refractivity contribution < 1.29 is 27.4 Å². The fraction of sp³-hybridized carbons (Fsp3) is 0.421. The van der Waals surface area contributed by atoms with Crippen LogP contribution in [0.5, 0.6) is 0 Å². The summed E-state index contributed by atoms with van der Waals surface area (Å²) in [5.74, 6) is -0.464. The van der Waals surface area contributed by atoms with Crippen molar-refractivity contribution in [2.45, 2.75) is 38.1 Å². The molecule has 1 aromatic heterocycles. The van der Waals surface area contributed by atoms with Crippen LogP contribution in [0.25, 0.3) is 0 Å². The Morgan fingerprint density at radius 3 is 2.90 bits per heavy atom. The van der Waals surface area contributed by atoms with Crippen LogP contribution >= 0.6 is 0 Å². The number of carbonyl (C=O) groups excluding carboxylic acids is 1. The van der Waals surface area contributed by atoms with E-state index in [0.29, 0.717) is 12.3 Å². The number of carbonyl (C=O) groups is 1. The fourth-order valence-electron chi connectivity index (χ4n) is 3.66. The molecule has 0 bridgehead atoms. The number of hydrogen-bond donors (Lipinski definition) is 1. The van der Waals surface area contributed by atoms with E-state index in [9.17, 15) is 18.0 Å². The smallest absolute Gasteiger partial charge is 0.416 e. The highest BCUT2D eigenvalue weighted by atomic mass is 19.4. The van der Waals surface area contributed by atoms with Crippen molar-refractivity contribution in [3.05, 3.63) is 53.0 Å². The number of aromatic nitrogens is 3. The average molecular weight is 408 g/mol. The molecule has 1 saturated heterocycles. The van der Waals surface area contributed by atoms with Gasteiger partial charge in [0.25, 0.3) is 0 Å². The molecule has 1 fully saturated rings. The van der Waals surface area contributed by atoms with Crippen molar-refractivity contribution in [2.75, 3.05) is 18.5 Å². The third kappa shape index (κ3) is 3.71. The van der Waals surface area contributed by atoms with Gasteiger partial charge in [-0.05, 0) is 31.4 Å². The summed E-state index contributed by atoms with van der Waals surface area (Å²) >= 11 is 0. The van der Waals surface area contributed by atoms with Gasteiger partial charge >= 0.3 is 12.1 Å². The maximum absolute atomic E-state index is 13.7. The quantitative estimate of drug-likeness (QED) is 0.783. The lowest BCUT2D eigenvalue weighted by Crippen LogP contribution is -2.32. The molecule has 2 aliphatic rings. The molecule has 1 N–H and O–H groups in total. The molecule has 0 radical (unpaired) electrons. The maximum Gasteiger partial charge on any atom is 0.416 e. The van der Waals surface area contributed by atoms with Crippen LogP contribution < -0.4 is 5.32 Å². The lowest BCUT2D eigenvalue weighted by Gasteiger charge is -2.30. The van der Waals surface area contributed by atoms with E-state index >= 15 is 0 Å². The SMILES string of the molecule is CC1=C(C(=O)OC[C@@H]2CCCO2)[C@H](c2ccccc2C(F)(F)F)n2ncnc2N1. The van der Waals surface area contributed by atoms with Crippen LogP contribution in [0, 0.1) is 0 Å². The first-order chi connectivity index (χ1) is 13.9. The highest BCUT2D eigenvalue weighted by Gasteiger charge is 2.41. The zero-order valence-electron chi connectivity index (χ0n) is 15.6. The summed E-state index contributed by atoms with van der Waals surface area (Å²) in [6.07, 6.45) is -1.91. The van der Waals surface area contributed by atoms with Crippen LogP contribution in [0.4, 0.5) is 19.1 Å². The number of esters is 1. The molecule has 0 spiro atoms. The Kier molecular flexibility index (Phi) is 5.03. The molecule has 3 heterocycles. The van der Waals surface area contributed by atoms with E-state index < -0.39 is 23.8 Å². The number of anilines is 1. The van der Waals surface area contributed by atoms with Crippen LogP contribution in [0.2, 0.25) is 0 Å². The van der Waals surface area contributed by atoms with Crippen molar-refractivity contribution in [1.82, 2.24) is 14.8 Å². The van der Waals surface area contributed by atoms with Crippen LogP contribution in [-0.2, 0) is 20.4 Å². The molecule has 0 unspecified atom stereocenters. The molecule has 2 aliphatic heterocycles. The van der Waals surface area contributed by atoms with Gasteiger partial charge < -0.3 is 14.8 Å². The predicted octanol–water partition coefficient (Wildman–Crippen LogP) is 3.31. The van der Waals surface area contributed by atoms with Gasteiger partial charge in [-0.25, -0.2) is 9.48 Å². The molecule has 10 heteroatoms. The predicted molar refractivity (Wildman–Crippen MR) is 95.9 cm³/mol. The zero-order chi connectivity index (χ0) is 20.6. The first-order valence-electron chi connectivity index (χ1n) is 9.18. The first kappa shape index (κ1) is 19.4. The minimum Gasteiger partial charge on any atom is -0.459 e. The van der Waals surface area contributed by atoms with Crippen molar-refractivity contribution >= 4 is 11.9 Å². The first-order valence-corrected chi connectivity index (χ1v) is 9.18. The third-order valence-electron chi connectivity index (χ3n) is 5.00. The Morgan fingerprint density at radius 2 is 2.17 bits per heavy atom. The van der Waals surface area contributed by atoms with Gasteiger partial charge in [0.1, 0.15) is 19.0 Å². The number of benzene rings is 1. The van der Waals surface area contributed by atoms with Gasteiger partial charge in [0.2, 0.25) is 5.95 Å². The van der Waals surface area contributed by atoms with E-state index in [0.717, 1.165) is 18.9 Å². The lowest BCUT2D eigenvalue weighted by atomic mass is 9.92. The third-order valence-corrected chi connectivity index (χ3v) is 5.00. The Labute approximate surface area is 164 Å². The second-order valence-electron chi connectivity index (χ2n) is 6.91. The monoisotopic (exact) mass is 408 g/mol. The molecule has 2 atom stereocenters. The highest BCUT2D eigenvalue weighted by Crippen LogP contribution is 2.41. The number of rotatable bonds is 4. The summed E-state index contributed by atoms with van der Waals surface area (Å²) < 4.78 is 53.1. The number of halogens is 3. The molecule has 2 aromatic rings. The van der Waals surface area contributed by atoms with E-state index in [1.54, 1.807) is 6.92 Å². The highest BCUT2D eigenvalue weighted by molar-refractivity contribution is 5.92. The van der Waals surface area contributed by atoms with Gasteiger partial charge in [0.15, 0.2) is 0 Å². The minimum absolute atomic E-state index is 0.0491. The van der Waals surface area contributed by atoms with Gasteiger partial charge in [0.05, 0.1) is 17.2 Å². The number of allylic oxidation sites excluding steroid dienone is 1. The number of hydrogen-bond acceptors (Lipinski definition) is 6. The fourth-order valence-corrected chi connectivity index (χ4v) is 3.66. The van der Waals surface area contributed by atoms with Crippen LogP contribution in [-0.4, -0.2) is 40.1 Å². The van der Waals surface area contributed by atoms with E-state index in [-0.39, 0.29) is 29.8 Å². The standard InChI is InChI=1S/C19H19F3N4O3/c1-11-15(17(27)29-9-12-5-4-8-28-12)16(26-18(25-11)23-10-24-26)13-6-2-3-7-14(13)19(20,21)22/h2-3,6-7,10,12,16H,4-5,8-9H2,1H3,(H,23,24,25)/t12-,16-/m0/s1. The number of nitrogens with zero attached hydrogens (tertiary/aromatic N) is 3. The van der Waals surface area contributed by atoms with Gasteiger partial charge in [-0.2, -0.15) is 23.3 Å². The van der Waals surface area contributed by atoms with E-state index in [1.807, 2.05) is 0 Å². The normalized spacial score (nSPS) is 21.7. The zero-order valence-corrected chi connectivity index (χ0v) is 15.6.